The van der Waals surface area contributed by atoms with Crippen molar-refractivity contribution < 1.29 is 9.53 Å². The number of anilines is 2. The van der Waals surface area contributed by atoms with Crippen LogP contribution in [0.3, 0.4) is 0 Å². The van der Waals surface area contributed by atoms with E-state index in [1.807, 2.05) is 6.07 Å². The van der Waals surface area contributed by atoms with Gasteiger partial charge in [0.1, 0.15) is 5.82 Å². The second-order valence-electron chi connectivity index (χ2n) is 4.99. The summed E-state index contributed by atoms with van der Waals surface area (Å²) in [7, 11) is 1.78. The minimum absolute atomic E-state index is 0.123. The van der Waals surface area contributed by atoms with Gasteiger partial charge >= 0.3 is 0 Å². The molecule has 0 atom stereocenters. The number of hydrogen-bond acceptors (Lipinski definition) is 4. The summed E-state index contributed by atoms with van der Waals surface area (Å²) >= 11 is 0. The third-order valence-electron chi connectivity index (χ3n) is 3.64. The molecule has 1 saturated heterocycles. The van der Waals surface area contributed by atoms with E-state index in [4.69, 9.17) is 10.5 Å². The van der Waals surface area contributed by atoms with Crippen LogP contribution in [-0.2, 0) is 9.53 Å². The molecule has 1 fully saturated rings. The van der Waals surface area contributed by atoms with Gasteiger partial charge in [-0.05, 0) is 37.3 Å². The van der Waals surface area contributed by atoms with Crippen molar-refractivity contribution >= 4 is 17.4 Å². The van der Waals surface area contributed by atoms with Crippen molar-refractivity contribution in [2.75, 3.05) is 30.9 Å². The van der Waals surface area contributed by atoms with Crippen molar-refractivity contribution in [1.82, 2.24) is 4.98 Å². The normalized spacial score (nSPS) is 16.3. The summed E-state index contributed by atoms with van der Waals surface area (Å²) < 4.78 is 5.32. The monoisotopic (exact) mass is 263 g/mol. The lowest BCUT2D eigenvalue weighted by atomic mass is 9.95. The predicted molar refractivity (Wildman–Crippen MR) is 74.8 cm³/mol. The van der Waals surface area contributed by atoms with Crippen molar-refractivity contribution in [1.29, 1.82) is 0 Å². The Balaban J connectivity index is 1.83. The van der Waals surface area contributed by atoms with E-state index in [2.05, 4.69) is 4.98 Å². The molecule has 5 nitrogen and oxygen atoms in total. The predicted octanol–water partition coefficient (Wildman–Crippen LogP) is 1.83. The van der Waals surface area contributed by atoms with Gasteiger partial charge < -0.3 is 15.4 Å². The van der Waals surface area contributed by atoms with Crippen LogP contribution in [0.1, 0.15) is 25.7 Å². The average Bonchev–Trinajstić information content (AvgIpc) is 2.46. The molecular weight excluding hydrogens is 242 g/mol. The standard InChI is InChI=1S/C14H21N3O2/c1-17(12-3-4-13(15)16-10-12)14(18)5-2-11-6-8-19-9-7-11/h3-4,10-11H,2,5-9H2,1H3,(H2,15,16). The summed E-state index contributed by atoms with van der Waals surface area (Å²) in [6, 6.07) is 3.52. The molecule has 5 heteroatoms. The maximum atomic E-state index is 12.1. The van der Waals surface area contributed by atoms with Crippen molar-refractivity contribution in [3.8, 4) is 0 Å². The molecule has 0 spiro atoms. The number of nitrogen functional groups attached to an aromatic ring is 1. The van der Waals surface area contributed by atoms with Gasteiger partial charge in [0.05, 0.1) is 11.9 Å². The van der Waals surface area contributed by atoms with E-state index in [1.165, 1.54) is 0 Å². The second kappa shape index (κ2) is 6.52. The van der Waals surface area contributed by atoms with Gasteiger partial charge in [0.15, 0.2) is 0 Å². The molecule has 2 rings (SSSR count). The summed E-state index contributed by atoms with van der Waals surface area (Å²) in [5, 5.41) is 0. The highest BCUT2D eigenvalue weighted by Crippen LogP contribution is 2.21. The average molecular weight is 263 g/mol. The topological polar surface area (TPSA) is 68.5 Å². The van der Waals surface area contributed by atoms with Gasteiger partial charge in [-0.3, -0.25) is 4.79 Å². The van der Waals surface area contributed by atoms with Crippen molar-refractivity contribution in [2.24, 2.45) is 5.92 Å². The van der Waals surface area contributed by atoms with Crippen LogP contribution in [0.5, 0.6) is 0 Å². The first-order chi connectivity index (χ1) is 9.16. The van der Waals surface area contributed by atoms with E-state index in [1.54, 1.807) is 24.2 Å². The Morgan fingerprint density at radius 1 is 1.47 bits per heavy atom. The molecule has 1 aliphatic rings. The smallest absolute Gasteiger partial charge is 0.226 e. The van der Waals surface area contributed by atoms with E-state index in [0.29, 0.717) is 18.2 Å². The van der Waals surface area contributed by atoms with Crippen LogP contribution in [0.25, 0.3) is 0 Å². The second-order valence-corrected chi connectivity index (χ2v) is 4.99. The van der Waals surface area contributed by atoms with E-state index in [9.17, 15) is 4.79 Å². The number of amides is 1. The summed E-state index contributed by atoms with van der Waals surface area (Å²) in [5.74, 6) is 1.21. The molecule has 0 saturated carbocycles. The Labute approximate surface area is 113 Å². The van der Waals surface area contributed by atoms with E-state index < -0.39 is 0 Å². The van der Waals surface area contributed by atoms with Crippen LogP contribution in [0.15, 0.2) is 18.3 Å². The zero-order valence-corrected chi connectivity index (χ0v) is 11.3. The molecular formula is C14H21N3O2. The fraction of sp³-hybridized carbons (Fsp3) is 0.571. The SMILES string of the molecule is CN(C(=O)CCC1CCOCC1)c1ccc(N)nc1. The van der Waals surface area contributed by atoms with E-state index in [0.717, 1.165) is 38.2 Å². The molecule has 2 heterocycles. The zero-order valence-electron chi connectivity index (χ0n) is 11.3. The Morgan fingerprint density at radius 2 is 2.21 bits per heavy atom. The Hall–Kier alpha value is -1.62. The van der Waals surface area contributed by atoms with Crippen LogP contribution >= 0.6 is 0 Å². The van der Waals surface area contributed by atoms with Gasteiger partial charge in [-0.15, -0.1) is 0 Å². The van der Waals surface area contributed by atoms with Crippen molar-refractivity contribution in [3.63, 3.8) is 0 Å². The highest BCUT2D eigenvalue weighted by molar-refractivity contribution is 5.92. The third-order valence-corrected chi connectivity index (χ3v) is 3.64. The fourth-order valence-corrected chi connectivity index (χ4v) is 2.27. The number of nitrogens with two attached hydrogens (primary N) is 1. The van der Waals surface area contributed by atoms with Gasteiger partial charge in [0, 0.05) is 26.7 Å². The first-order valence-corrected chi connectivity index (χ1v) is 6.72. The molecule has 0 unspecified atom stereocenters. The van der Waals surface area contributed by atoms with Gasteiger partial charge in [0.2, 0.25) is 5.91 Å². The zero-order chi connectivity index (χ0) is 13.7. The largest absolute Gasteiger partial charge is 0.384 e. The molecule has 2 N–H and O–H groups in total. The van der Waals surface area contributed by atoms with Crippen LogP contribution in [0, 0.1) is 5.92 Å². The number of nitrogens with zero attached hydrogens (tertiary/aromatic N) is 2. The van der Waals surface area contributed by atoms with Gasteiger partial charge in [-0.1, -0.05) is 0 Å². The minimum Gasteiger partial charge on any atom is -0.384 e. The lowest BCUT2D eigenvalue weighted by Crippen LogP contribution is -2.27. The van der Waals surface area contributed by atoms with Crippen LogP contribution in [-0.4, -0.2) is 31.2 Å². The van der Waals surface area contributed by atoms with Gasteiger partial charge in [0.25, 0.3) is 0 Å². The number of ether oxygens (including phenoxy) is 1. The minimum atomic E-state index is 0.123. The highest BCUT2D eigenvalue weighted by atomic mass is 16.5. The molecule has 0 radical (unpaired) electrons. The fourth-order valence-electron chi connectivity index (χ4n) is 2.27. The number of hydrogen-bond donors (Lipinski definition) is 1. The molecule has 1 amide bonds. The molecule has 104 valence electrons. The molecule has 1 aromatic rings. The number of carbonyl (C=O) groups is 1. The Morgan fingerprint density at radius 3 is 2.84 bits per heavy atom. The first kappa shape index (κ1) is 13.8. The molecule has 1 aliphatic heterocycles. The quantitative estimate of drug-likeness (QED) is 0.900. The molecule has 1 aromatic heterocycles. The maximum Gasteiger partial charge on any atom is 0.226 e. The molecule has 0 aromatic carbocycles. The molecule has 19 heavy (non-hydrogen) atoms. The van der Waals surface area contributed by atoms with Crippen molar-refractivity contribution in [2.45, 2.75) is 25.7 Å². The third kappa shape index (κ3) is 3.92. The van der Waals surface area contributed by atoms with E-state index in [-0.39, 0.29) is 5.91 Å². The molecule has 0 bridgehead atoms. The number of aromatic nitrogens is 1. The summed E-state index contributed by atoms with van der Waals surface area (Å²) in [5.41, 5.74) is 6.32. The Kier molecular flexibility index (Phi) is 4.74. The van der Waals surface area contributed by atoms with E-state index >= 15 is 0 Å². The summed E-state index contributed by atoms with van der Waals surface area (Å²) in [6.07, 6.45) is 5.28. The lowest BCUT2D eigenvalue weighted by molar-refractivity contribution is -0.118. The molecule has 0 aliphatic carbocycles. The summed E-state index contributed by atoms with van der Waals surface area (Å²) in [6.45, 7) is 1.66. The van der Waals surface area contributed by atoms with Crippen LogP contribution in [0.4, 0.5) is 11.5 Å². The number of pyridine rings is 1. The Bertz CT molecular complexity index is 413. The van der Waals surface area contributed by atoms with Gasteiger partial charge in [-0.25, -0.2) is 4.98 Å². The first-order valence-electron chi connectivity index (χ1n) is 6.72. The van der Waals surface area contributed by atoms with Crippen LogP contribution in [0.2, 0.25) is 0 Å². The highest BCUT2D eigenvalue weighted by Gasteiger charge is 2.17. The van der Waals surface area contributed by atoms with Crippen LogP contribution < -0.4 is 10.6 Å². The number of rotatable bonds is 4. The van der Waals surface area contributed by atoms with Gasteiger partial charge in [-0.2, -0.15) is 0 Å². The maximum absolute atomic E-state index is 12.1. The van der Waals surface area contributed by atoms with Crippen molar-refractivity contribution in [3.05, 3.63) is 18.3 Å². The summed E-state index contributed by atoms with van der Waals surface area (Å²) in [4.78, 5) is 17.8. The number of carbonyl (C=O) groups excluding carboxylic acids is 1. The lowest BCUT2D eigenvalue weighted by Gasteiger charge is -2.23.